The van der Waals surface area contributed by atoms with E-state index in [-0.39, 0.29) is 17.7 Å². The number of carbonyl (C=O) groups excluding carboxylic acids is 1. The molecule has 1 aromatic carbocycles. The van der Waals surface area contributed by atoms with Gasteiger partial charge in [0.25, 0.3) is 5.91 Å². The van der Waals surface area contributed by atoms with Crippen LogP contribution in [0, 0.1) is 0 Å². The Morgan fingerprint density at radius 2 is 1.89 bits per heavy atom. The molecule has 1 aliphatic rings. The number of piperidine rings is 1. The Kier molecular flexibility index (Phi) is 5.86. The number of alkyl halides is 3. The molecule has 1 aromatic heterocycles. The quantitative estimate of drug-likeness (QED) is 0.772. The summed E-state index contributed by atoms with van der Waals surface area (Å²) in [6.45, 7) is 0.679. The van der Waals surface area contributed by atoms with Gasteiger partial charge in [-0.15, -0.1) is 13.2 Å². The van der Waals surface area contributed by atoms with Gasteiger partial charge in [0.05, 0.1) is 12.7 Å². The molecule has 150 valence electrons. The van der Waals surface area contributed by atoms with Crippen molar-refractivity contribution in [3.63, 3.8) is 0 Å². The SMILES string of the molecule is COc1nccc(OC2CCN(C(=O)c3ccccc3OC(F)(F)F)CC2)n1. The van der Waals surface area contributed by atoms with E-state index >= 15 is 0 Å². The lowest BCUT2D eigenvalue weighted by Gasteiger charge is -2.32. The minimum atomic E-state index is -4.87. The fourth-order valence-corrected chi connectivity index (χ4v) is 2.86. The molecule has 0 saturated carbocycles. The lowest BCUT2D eigenvalue weighted by molar-refractivity contribution is -0.274. The summed E-state index contributed by atoms with van der Waals surface area (Å²) in [4.78, 5) is 22.1. The van der Waals surface area contributed by atoms with Gasteiger partial charge in [-0.25, -0.2) is 4.98 Å². The Hall–Kier alpha value is -3.04. The van der Waals surface area contributed by atoms with Gasteiger partial charge in [-0.05, 0) is 12.1 Å². The Labute approximate surface area is 159 Å². The van der Waals surface area contributed by atoms with E-state index in [4.69, 9.17) is 9.47 Å². The maximum Gasteiger partial charge on any atom is 0.573 e. The molecule has 1 saturated heterocycles. The first-order valence-electron chi connectivity index (χ1n) is 8.53. The molecule has 0 atom stereocenters. The van der Waals surface area contributed by atoms with Crippen LogP contribution in [-0.4, -0.2) is 53.4 Å². The van der Waals surface area contributed by atoms with Gasteiger partial charge in [-0.2, -0.15) is 4.98 Å². The minimum Gasteiger partial charge on any atom is -0.474 e. The lowest BCUT2D eigenvalue weighted by Crippen LogP contribution is -2.42. The number of aromatic nitrogens is 2. The van der Waals surface area contributed by atoms with Crippen LogP contribution in [-0.2, 0) is 0 Å². The highest BCUT2D eigenvalue weighted by molar-refractivity contribution is 5.97. The molecular weight excluding hydrogens is 379 g/mol. The zero-order chi connectivity index (χ0) is 20.1. The van der Waals surface area contributed by atoms with E-state index in [1.165, 1.54) is 36.4 Å². The zero-order valence-corrected chi connectivity index (χ0v) is 15.0. The predicted octanol–water partition coefficient (Wildman–Crippen LogP) is 3.07. The Morgan fingerprint density at radius 3 is 2.57 bits per heavy atom. The van der Waals surface area contributed by atoms with E-state index in [0.29, 0.717) is 31.8 Å². The first-order valence-corrected chi connectivity index (χ1v) is 8.53. The van der Waals surface area contributed by atoms with Gasteiger partial charge in [-0.1, -0.05) is 12.1 Å². The highest BCUT2D eigenvalue weighted by atomic mass is 19.4. The molecule has 0 N–H and O–H groups in total. The van der Waals surface area contributed by atoms with Gasteiger partial charge < -0.3 is 19.1 Å². The normalized spacial score (nSPS) is 15.2. The summed E-state index contributed by atoms with van der Waals surface area (Å²) < 4.78 is 52.4. The van der Waals surface area contributed by atoms with Gasteiger partial charge in [0.15, 0.2) is 0 Å². The smallest absolute Gasteiger partial charge is 0.474 e. The lowest BCUT2D eigenvalue weighted by atomic mass is 10.1. The Balaban J connectivity index is 1.61. The molecule has 10 heteroatoms. The van der Waals surface area contributed by atoms with Crippen molar-refractivity contribution in [1.29, 1.82) is 0 Å². The third kappa shape index (κ3) is 5.02. The van der Waals surface area contributed by atoms with E-state index in [2.05, 4.69) is 14.7 Å². The van der Waals surface area contributed by atoms with Crippen molar-refractivity contribution in [3.8, 4) is 17.6 Å². The van der Waals surface area contributed by atoms with Gasteiger partial charge in [0.1, 0.15) is 11.9 Å². The number of benzene rings is 1. The van der Waals surface area contributed by atoms with Crippen LogP contribution in [0.2, 0.25) is 0 Å². The average Bonchev–Trinajstić information content (AvgIpc) is 2.67. The fourth-order valence-electron chi connectivity index (χ4n) is 2.86. The maximum absolute atomic E-state index is 12.7. The van der Waals surface area contributed by atoms with Crippen LogP contribution in [0.3, 0.4) is 0 Å². The first-order chi connectivity index (χ1) is 13.4. The highest BCUT2D eigenvalue weighted by Crippen LogP contribution is 2.28. The molecule has 0 spiro atoms. The molecule has 2 heterocycles. The predicted molar refractivity (Wildman–Crippen MR) is 91.3 cm³/mol. The van der Waals surface area contributed by atoms with Crippen molar-refractivity contribution in [1.82, 2.24) is 14.9 Å². The molecule has 3 rings (SSSR count). The number of likely N-dealkylation sites (tertiary alicyclic amines) is 1. The molecule has 0 radical (unpaired) electrons. The van der Waals surface area contributed by atoms with Crippen molar-refractivity contribution >= 4 is 5.91 Å². The number of methoxy groups -OCH3 is 1. The monoisotopic (exact) mass is 397 g/mol. The second kappa shape index (κ2) is 8.32. The fraction of sp³-hybridized carbons (Fsp3) is 0.389. The summed E-state index contributed by atoms with van der Waals surface area (Å²) in [5.41, 5.74) is -0.125. The van der Waals surface area contributed by atoms with Gasteiger partial charge in [0, 0.05) is 38.2 Å². The summed E-state index contributed by atoms with van der Waals surface area (Å²) >= 11 is 0. The van der Waals surface area contributed by atoms with Gasteiger partial charge in [0.2, 0.25) is 5.88 Å². The number of amides is 1. The highest BCUT2D eigenvalue weighted by Gasteiger charge is 2.34. The number of nitrogens with zero attached hydrogens (tertiary/aromatic N) is 3. The third-order valence-corrected chi connectivity index (χ3v) is 4.15. The summed E-state index contributed by atoms with van der Waals surface area (Å²) in [6, 6.07) is 7.11. The molecule has 2 aromatic rings. The van der Waals surface area contributed by atoms with Gasteiger partial charge in [-0.3, -0.25) is 4.79 Å². The summed E-state index contributed by atoms with van der Waals surface area (Å²) in [6.07, 6.45) is -2.50. The van der Waals surface area contributed by atoms with Crippen LogP contribution < -0.4 is 14.2 Å². The van der Waals surface area contributed by atoms with E-state index < -0.39 is 18.0 Å². The number of para-hydroxylation sites is 1. The molecule has 1 amide bonds. The largest absolute Gasteiger partial charge is 0.573 e. The van der Waals surface area contributed by atoms with Crippen LogP contribution in [0.5, 0.6) is 17.6 Å². The number of halogens is 3. The number of ether oxygens (including phenoxy) is 3. The average molecular weight is 397 g/mol. The molecule has 0 unspecified atom stereocenters. The summed E-state index contributed by atoms with van der Waals surface area (Å²) in [5, 5.41) is 0. The molecule has 0 bridgehead atoms. The third-order valence-electron chi connectivity index (χ3n) is 4.15. The zero-order valence-electron chi connectivity index (χ0n) is 15.0. The summed E-state index contributed by atoms with van der Waals surface area (Å²) in [5.74, 6) is -0.658. The van der Waals surface area contributed by atoms with Crippen molar-refractivity contribution in [3.05, 3.63) is 42.1 Å². The Morgan fingerprint density at radius 1 is 1.18 bits per heavy atom. The van der Waals surface area contributed by atoms with Crippen molar-refractivity contribution < 1.29 is 32.2 Å². The van der Waals surface area contributed by atoms with Crippen molar-refractivity contribution in [2.24, 2.45) is 0 Å². The standard InChI is InChI=1S/C18H18F3N3O4/c1-26-17-22-9-6-15(23-17)27-12-7-10-24(11-8-12)16(25)13-4-2-3-5-14(13)28-18(19,20)21/h2-6,9,12H,7-8,10-11H2,1H3. The van der Waals surface area contributed by atoms with E-state index in [1.807, 2.05) is 0 Å². The molecule has 28 heavy (non-hydrogen) atoms. The van der Waals surface area contributed by atoms with E-state index in [0.717, 1.165) is 6.07 Å². The second-order valence-electron chi connectivity index (χ2n) is 6.03. The molecule has 7 nitrogen and oxygen atoms in total. The second-order valence-corrected chi connectivity index (χ2v) is 6.03. The molecule has 1 aliphatic heterocycles. The van der Waals surface area contributed by atoms with Crippen molar-refractivity contribution in [2.75, 3.05) is 20.2 Å². The first kappa shape index (κ1) is 19.7. The van der Waals surface area contributed by atoms with Crippen LogP contribution >= 0.6 is 0 Å². The van der Waals surface area contributed by atoms with Crippen LogP contribution in [0.1, 0.15) is 23.2 Å². The number of rotatable bonds is 5. The number of hydrogen-bond acceptors (Lipinski definition) is 6. The molecule has 0 aliphatic carbocycles. The number of carbonyl (C=O) groups is 1. The molecular formula is C18H18F3N3O4. The van der Waals surface area contributed by atoms with E-state index in [9.17, 15) is 18.0 Å². The Bertz CT molecular complexity index is 824. The van der Waals surface area contributed by atoms with Gasteiger partial charge >= 0.3 is 12.4 Å². The minimum absolute atomic E-state index is 0.125. The number of hydrogen-bond donors (Lipinski definition) is 0. The topological polar surface area (TPSA) is 73.8 Å². The van der Waals surface area contributed by atoms with Crippen LogP contribution in [0.15, 0.2) is 36.5 Å². The van der Waals surface area contributed by atoms with Crippen molar-refractivity contribution in [2.45, 2.75) is 25.3 Å². The van der Waals surface area contributed by atoms with Crippen LogP contribution in [0.4, 0.5) is 13.2 Å². The molecule has 1 fully saturated rings. The maximum atomic E-state index is 12.7. The van der Waals surface area contributed by atoms with E-state index in [1.54, 1.807) is 6.07 Å². The summed E-state index contributed by atoms with van der Waals surface area (Å²) in [7, 11) is 1.45. The van der Waals surface area contributed by atoms with Crippen LogP contribution in [0.25, 0.3) is 0 Å².